The van der Waals surface area contributed by atoms with Crippen LogP contribution >= 0.6 is 11.3 Å². The van der Waals surface area contributed by atoms with E-state index in [-0.39, 0.29) is 36.4 Å². The van der Waals surface area contributed by atoms with Crippen LogP contribution in [-0.2, 0) is 16.0 Å². The molecule has 2 aromatic rings. The van der Waals surface area contributed by atoms with Crippen LogP contribution in [0.4, 0.5) is 0 Å². The Balaban J connectivity index is 1.79. The number of nitrogens with zero attached hydrogens (tertiary/aromatic N) is 2. The van der Waals surface area contributed by atoms with Gasteiger partial charge in [0.25, 0.3) is 0 Å². The molecular weight excluding hydrogens is 408 g/mol. The van der Waals surface area contributed by atoms with Gasteiger partial charge < -0.3 is 14.5 Å². The maximum Gasteiger partial charge on any atom is 0.242 e. The van der Waals surface area contributed by atoms with Crippen molar-refractivity contribution in [3.8, 4) is 5.75 Å². The van der Waals surface area contributed by atoms with Crippen molar-refractivity contribution in [2.45, 2.75) is 59.5 Å². The summed E-state index contributed by atoms with van der Waals surface area (Å²) >= 11 is 1.74. The lowest BCUT2D eigenvalue weighted by molar-refractivity contribution is -0.146. The van der Waals surface area contributed by atoms with Gasteiger partial charge in [-0.25, -0.2) is 0 Å². The Bertz CT molecular complexity index is 890. The predicted octanol–water partition coefficient (Wildman–Crippen LogP) is 4.84. The maximum absolute atomic E-state index is 13.4. The number of fused-ring (bicyclic) bond motifs is 1. The molecule has 0 radical (unpaired) electrons. The highest BCUT2D eigenvalue weighted by Gasteiger charge is 2.34. The van der Waals surface area contributed by atoms with Crippen LogP contribution in [0.25, 0.3) is 0 Å². The van der Waals surface area contributed by atoms with Crippen molar-refractivity contribution in [2.24, 2.45) is 5.92 Å². The van der Waals surface area contributed by atoms with Gasteiger partial charge in [0.15, 0.2) is 0 Å². The summed E-state index contributed by atoms with van der Waals surface area (Å²) in [5.74, 6) is 0.691. The third-order valence-corrected chi connectivity index (χ3v) is 7.05. The molecule has 0 saturated carbocycles. The molecule has 0 aliphatic carbocycles. The minimum absolute atomic E-state index is 0.0105. The van der Waals surface area contributed by atoms with Gasteiger partial charge in [-0.2, -0.15) is 0 Å². The predicted molar refractivity (Wildman–Crippen MR) is 125 cm³/mol. The van der Waals surface area contributed by atoms with Crippen LogP contribution in [0, 0.1) is 12.8 Å². The number of benzene rings is 1. The second-order valence-electron chi connectivity index (χ2n) is 8.65. The third kappa shape index (κ3) is 5.48. The average molecular weight is 443 g/mol. The van der Waals surface area contributed by atoms with E-state index in [4.69, 9.17) is 4.74 Å². The first-order valence-corrected chi connectivity index (χ1v) is 12.1. The second-order valence-corrected chi connectivity index (χ2v) is 9.65. The summed E-state index contributed by atoms with van der Waals surface area (Å²) in [6.07, 6.45) is 1.67. The number of hydrogen-bond donors (Lipinski definition) is 0. The van der Waals surface area contributed by atoms with Gasteiger partial charge in [-0.1, -0.05) is 38.5 Å². The Morgan fingerprint density at radius 2 is 1.90 bits per heavy atom. The fraction of sp³-hybridized carbons (Fsp3) is 0.520. The number of carbonyl (C=O) groups excluding carboxylic acids is 2. The van der Waals surface area contributed by atoms with Gasteiger partial charge in [0, 0.05) is 23.4 Å². The normalized spacial score (nSPS) is 16.7. The second kappa shape index (κ2) is 10.3. The Morgan fingerprint density at radius 1 is 1.19 bits per heavy atom. The number of hydrogen-bond acceptors (Lipinski definition) is 4. The highest BCUT2D eigenvalue weighted by molar-refractivity contribution is 7.10. The third-order valence-electron chi connectivity index (χ3n) is 6.05. The van der Waals surface area contributed by atoms with Crippen molar-refractivity contribution < 1.29 is 14.3 Å². The molecule has 0 fully saturated rings. The number of thiophene rings is 1. The number of aryl methyl sites for hydroxylation is 1. The lowest BCUT2D eigenvalue weighted by Gasteiger charge is -2.38. The van der Waals surface area contributed by atoms with Crippen LogP contribution in [0.15, 0.2) is 35.7 Å². The fourth-order valence-corrected chi connectivity index (χ4v) is 4.85. The van der Waals surface area contributed by atoms with Crippen molar-refractivity contribution in [3.63, 3.8) is 0 Å². The molecule has 2 atom stereocenters. The number of ether oxygens (including phenoxy) is 1. The zero-order chi connectivity index (χ0) is 22.5. The zero-order valence-corrected chi connectivity index (χ0v) is 20.1. The van der Waals surface area contributed by atoms with Crippen molar-refractivity contribution in [1.82, 2.24) is 9.80 Å². The Hall–Kier alpha value is -2.34. The molecule has 5 nitrogen and oxygen atoms in total. The van der Waals surface area contributed by atoms with Gasteiger partial charge in [0.05, 0.1) is 6.04 Å². The average Bonchev–Trinajstić information content (AvgIpc) is 3.24. The van der Waals surface area contributed by atoms with Gasteiger partial charge in [0.1, 0.15) is 18.9 Å². The van der Waals surface area contributed by atoms with Crippen LogP contribution in [0.3, 0.4) is 0 Å². The van der Waals surface area contributed by atoms with Gasteiger partial charge >= 0.3 is 0 Å². The van der Waals surface area contributed by atoms with Crippen molar-refractivity contribution in [1.29, 1.82) is 0 Å². The topological polar surface area (TPSA) is 49.9 Å². The summed E-state index contributed by atoms with van der Waals surface area (Å²) in [5, 5.41) is 2.09. The minimum Gasteiger partial charge on any atom is -0.491 e. The molecule has 2 unspecified atom stereocenters. The molecular formula is C25H34N2O3S. The maximum atomic E-state index is 13.4. The van der Waals surface area contributed by atoms with Crippen LogP contribution in [0.5, 0.6) is 5.75 Å². The molecule has 6 heteroatoms. The molecule has 31 heavy (non-hydrogen) atoms. The first-order chi connectivity index (χ1) is 14.8. The summed E-state index contributed by atoms with van der Waals surface area (Å²) in [6.45, 7) is 11.1. The molecule has 1 aromatic carbocycles. The number of amides is 2. The van der Waals surface area contributed by atoms with Gasteiger partial charge in [0.2, 0.25) is 11.8 Å². The van der Waals surface area contributed by atoms with E-state index in [1.807, 2.05) is 63.8 Å². The molecule has 0 spiro atoms. The van der Waals surface area contributed by atoms with E-state index in [9.17, 15) is 9.59 Å². The molecule has 1 aliphatic heterocycles. The smallest absolute Gasteiger partial charge is 0.242 e. The largest absolute Gasteiger partial charge is 0.491 e. The minimum atomic E-state index is -0.142. The van der Waals surface area contributed by atoms with E-state index >= 15 is 0 Å². The van der Waals surface area contributed by atoms with E-state index in [0.717, 1.165) is 18.6 Å². The van der Waals surface area contributed by atoms with E-state index in [0.29, 0.717) is 13.2 Å². The van der Waals surface area contributed by atoms with Gasteiger partial charge in [-0.15, -0.1) is 11.3 Å². The lowest BCUT2D eigenvalue weighted by Crippen LogP contribution is -2.50. The van der Waals surface area contributed by atoms with Crippen LogP contribution in [0.2, 0.25) is 0 Å². The molecule has 2 amide bonds. The molecule has 1 aromatic heterocycles. The fourth-order valence-electron chi connectivity index (χ4n) is 3.92. The molecule has 3 rings (SSSR count). The number of carbonyl (C=O) groups is 2. The first kappa shape index (κ1) is 23.3. The monoisotopic (exact) mass is 442 g/mol. The Labute approximate surface area is 190 Å². The Kier molecular flexibility index (Phi) is 7.76. The first-order valence-electron chi connectivity index (χ1n) is 11.2. The quantitative estimate of drug-likeness (QED) is 0.588. The van der Waals surface area contributed by atoms with Crippen LogP contribution < -0.4 is 4.74 Å². The molecule has 1 aliphatic rings. The summed E-state index contributed by atoms with van der Waals surface area (Å²) in [7, 11) is 0. The Morgan fingerprint density at radius 3 is 2.55 bits per heavy atom. The van der Waals surface area contributed by atoms with E-state index in [1.54, 1.807) is 16.2 Å². The summed E-state index contributed by atoms with van der Waals surface area (Å²) in [6, 6.07) is 9.97. The highest BCUT2D eigenvalue weighted by Crippen LogP contribution is 2.34. The van der Waals surface area contributed by atoms with Crippen molar-refractivity contribution in [3.05, 3.63) is 51.7 Å². The van der Waals surface area contributed by atoms with Crippen molar-refractivity contribution in [2.75, 3.05) is 19.7 Å². The van der Waals surface area contributed by atoms with Crippen LogP contribution in [0.1, 0.15) is 56.2 Å². The number of rotatable bonds is 8. The molecule has 0 saturated heterocycles. The molecule has 168 valence electrons. The summed E-state index contributed by atoms with van der Waals surface area (Å²) in [5.41, 5.74) is 2.35. The van der Waals surface area contributed by atoms with Gasteiger partial charge in [-0.05, 0) is 55.8 Å². The van der Waals surface area contributed by atoms with Gasteiger partial charge in [-0.3, -0.25) is 9.59 Å². The van der Waals surface area contributed by atoms with Crippen LogP contribution in [-0.4, -0.2) is 47.4 Å². The van der Waals surface area contributed by atoms with E-state index in [2.05, 4.69) is 11.4 Å². The lowest BCUT2D eigenvalue weighted by atomic mass is 10.00. The standard InChI is InChI=1S/C25H34N2O3S/c1-6-19(5)27(25(29)17(2)3)15-24(28)26-13-11-23-21(12-14-31-23)22(26)16-30-20-9-7-18(4)8-10-20/h7-10,12,14,17,19,22H,6,11,13,15-16H2,1-5H3. The summed E-state index contributed by atoms with van der Waals surface area (Å²) < 4.78 is 6.10. The molecule has 0 N–H and O–H groups in total. The highest BCUT2D eigenvalue weighted by atomic mass is 32.1. The SMILES string of the molecule is CCC(C)N(CC(=O)N1CCc2sccc2C1COc1ccc(C)cc1)C(=O)C(C)C. The van der Waals surface area contributed by atoms with E-state index in [1.165, 1.54) is 16.0 Å². The summed E-state index contributed by atoms with van der Waals surface area (Å²) in [4.78, 5) is 31.2. The zero-order valence-electron chi connectivity index (χ0n) is 19.3. The molecule has 0 bridgehead atoms. The molecule has 2 heterocycles. The van der Waals surface area contributed by atoms with Crippen molar-refractivity contribution >= 4 is 23.2 Å². The van der Waals surface area contributed by atoms with E-state index < -0.39 is 0 Å².